The first-order chi connectivity index (χ1) is 11.1. The zero-order valence-electron chi connectivity index (χ0n) is 12.4. The molecule has 9 heteroatoms. The van der Waals surface area contributed by atoms with Gasteiger partial charge < -0.3 is 5.32 Å². The van der Waals surface area contributed by atoms with Crippen molar-refractivity contribution < 1.29 is 26.4 Å². The number of halogens is 4. The summed E-state index contributed by atoms with van der Waals surface area (Å²) in [7, 11) is -3.01. The van der Waals surface area contributed by atoms with Crippen LogP contribution in [0.3, 0.4) is 0 Å². The lowest BCUT2D eigenvalue weighted by Gasteiger charge is -2.09. The van der Waals surface area contributed by atoms with E-state index in [0.717, 1.165) is 18.2 Å². The van der Waals surface area contributed by atoms with Gasteiger partial charge in [0, 0.05) is 12.6 Å². The predicted molar refractivity (Wildman–Crippen MR) is 85.3 cm³/mol. The van der Waals surface area contributed by atoms with Gasteiger partial charge in [0.2, 0.25) is 5.91 Å². The van der Waals surface area contributed by atoms with Crippen molar-refractivity contribution in [2.45, 2.75) is 12.6 Å². The Kier molecular flexibility index (Phi) is 5.59. The largest absolute Gasteiger partial charge is 0.417 e. The van der Waals surface area contributed by atoms with Crippen LogP contribution in [-0.2, 0) is 20.8 Å². The Hall–Kier alpha value is -1.54. The van der Waals surface area contributed by atoms with Gasteiger partial charge in [-0.3, -0.25) is 4.79 Å². The van der Waals surface area contributed by atoms with Crippen molar-refractivity contribution in [3.63, 3.8) is 0 Å². The van der Waals surface area contributed by atoms with Gasteiger partial charge in [-0.05, 0) is 36.1 Å². The molecule has 0 saturated carbocycles. The van der Waals surface area contributed by atoms with E-state index in [1.165, 1.54) is 12.1 Å². The van der Waals surface area contributed by atoms with Crippen molar-refractivity contribution in [3.8, 4) is 0 Å². The molecular weight excluding hydrogens is 367 g/mol. The van der Waals surface area contributed by atoms with Gasteiger partial charge in [0.15, 0.2) is 9.84 Å². The Labute approximate surface area is 142 Å². The van der Waals surface area contributed by atoms with E-state index in [1.807, 2.05) is 0 Å². The molecule has 0 spiro atoms. The van der Waals surface area contributed by atoms with Crippen LogP contribution in [0.25, 0.3) is 6.08 Å². The summed E-state index contributed by atoms with van der Waals surface area (Å²) in [6, 6.07) is 3.34. The first-order valence-corrected chi connectivity index (χ1v) is 9.30. The van der Waals surface area contributed by atoms with E-state index >= 15 is 0 Å². The fourth-order valence-corrected chi connectivity index (χ4v) is 4.46. The van der Waals surface area contributed by atoms with Crippen molar-refractivity contribution in [2.24, 2.45) is 5.92 Å². The topological polar surface area (TPSA) is 63.2 Å². The highest BCUT2D eigenvalue weighted by molar-refractivity contribution is 7.91. The van der Waals surface area contributed by atoms with Crippen LogP contribution < -0.4 is 5.32 Å². The van der Waals surface area contributed by atoms with Crippen molar-refractivity contribution in [3.05, 3.63) is 40.4 Å². The number of amides is 1. The van der Waals surface area contributed by atoms with Gasteiger partial charge in [0.1, 0.15) is 0 Å². The summed E-state index contributed by atoms with van der Waals surface area (Å²) in [6.45, 7) is 0.219. The molecule has 0 aromatic heterocycles. The van der Waals surface area contributed by atoms with Gasteiger partial charge in [-0.25, -0.2) is 8.42 Å². The first-order valence-electron chi connectivity index (χ1n) is 7.10. The van der Waals surface area contributed by atoms with Gasteiger partial charge >= 0.3 is 6.18 Å². The third-order valence-corrected chi connectivity index (χ3v) is 5.78. The summed E-state index contributed by atoms with van der Waals surface area (Å²) in [5.74, 6) is -0.458. The highest BCUT2D eigenvalue weighted by Crippen LogP contribution is 2.35. The predicted octanol–water partition coefficient (Wildman–Crippen LogP) is 2.92. The Bertz CT molecular complexity index is 760. The summed E-state index contributed by atoms with van der Waals surface area (Å²) < 4.78 is 60.9. The Balaban J connectivity index is 1.94. The van der Waals surface area contributed by atoms with Crippen LogP contribution in [0, 0.1) is 5.92 Å². The second-order valence-electron chi connectivity index (χ2n) is 5.58. The van der Waals surface area contributed by atoms with Gasteiger partial charge in [0.05, 0.1) is 22.1 Å². The fourth-order valence-electron chi connectivity index (χ4n) is 2.37. The van der Waals surface area contributed by atoms with Crippen molar-refractivity contribution >= 4 is 33.4 Å². The zero-order chi connectivity index (χ0) is 18.0. The molecule has 1 aliphatic rings. The van der Waals surface area contributed by atoms with E-state index in [2.05, 4.69) is 5.32 Å². The number of rotatable bonds is 4. The fraction of sp³-hybridized carbons (Fsp3) is 0.400. The molecule has 0 aliphatic carbocycles. The first kappa shape index (κ1) is 18.8. The second-order valence-corrected chi connectivity index (χ2v) is 8.22. The standard InChI is InChI=1S/C15H15ClF3NO3S/c16-13-3-1-10(7-12(13)15(17,18)19)2-4-14(21)20-8-11-5-6-24(22,23)9-11/h1-4,7,11H,5-6,8-9H2,(H,20,21)/b4-2-/t11-/m1/s1. The molecule has 1 aliphatic heterocycles. The smallest absolute Gasteiger partial charge is 0.352 e. The summed E-state index contributed by atoms with van der Waals surface area (Å²) in [5.41, 5.74) is -0.784. The van der Waals surface area contributed by atoms with Crippen LogP contribution in [0.1, 0.15) is 17.5 Å². The maximum Gasteiger partial charge on any atom is 0.417 e. The Morgan fingerprint density at radius 2 is 2.08 bits per heavy atom. The summed E-state index contributed by atoms with van der Waals surface area (Å²) in [5, 5.41) is 2.14. The second kappa shape index (κ2) is 7.14. The average molecular weight is 382 g/mol. The van der Waals surface area contributed by atoms with Crippen molar-refractivity contribution in [1.29, 1.82) is 0 Å². The number of hydrogen-bond donors (Lipinski definition) is 1. The molecule has 0 radical (unpaired) electrons. The highest BCUT2D eigenvalue weighted by Gasteiger charge is 2.33. The van der Waals surface area contributed by atoms with E-state index in [4.69, 9.17) is 11.6 Å². The minimum Gasteiger partial charge on any atom is -0.352 e. The van der Waals surface area contributed by atoms with E-state index in [0.29, 0.717) is 6.42 Å². The molecule has 1 heterocycles. The van der Waals surface area contributed by atoms with Crippen LogP contribution in [0.2, 0.25) is 5.02 Å². The number of benzene rings is 1. The summed E-state index contributed by atoms with van der Waals surface area (Å²) in [6.07, 6.45) is -1.73. The normalized spacial score (nSPS) is 20.4. The SMILES string of the molecule is O=C(/C=C\c1ccc(Cl)c(C(F)(F)F)c1)NC[C@H]1CCS(=O)(=O)C1. The van der Waals surface area contributed by atoms with Crippen LogP contribution >= 0.6 is 11.6 Å². The minimum atomic E-state index is -4.57. The molecule has 0 unspecified atom stereocenters. The maximum absolute atomic E-state index is 12.7. The monoisotopic (exact) mass is 381 g/mol. The molecule has 4 nitrogen and oxygen atoms in total. The molecule has 0 bridgehead atoms. The third-order valence-electron chi connectivity index (χ3n) is 3.61. The lowest BCUT2D eigenvalue weighted by molar-refractivity contribution is -0.137. The van der Waals surface area contributed by atoms with E-state index in [1.54, 1.807) is 0 Å². The Morgan fingerprint density at radius 3 is 2.67 bits per heavy atom. The van der Waals surface area contributed by atoms with E-state index in [9.17, 15) is 26.4 Å². The van der Waals surface area contributed by atoms with Crippen LogP contribution in [0.4, 0.5) is 13.2 Å². The number of sulfone groups is 1. The molecule has 1 amide bonds. The molecule has 1 atom stereocenters. The molecule has 1 fully saturated rings. The highest BCUT2D eigenvalue weighted by atomic mass is 35.5. The van der Waals surface area contributed by atoms with Crippen LogP contribution in [0.15, 0.2) is 24.3 Å². The average Bonchev–Trinajstić information content (AvgIpc) is 2.82. The van der Waals surface area contributed by atoms with Crippen molar-refractivity contribution in [1.82, 2.24) is 5.32 Å². The summed E-state index contributed by atoms with van der Waals surface area (Å²) >= 11 is 5.52. The van der Waals surface area contributed by atoms with E-state index in [-0.39, 0.29) is 29.5 Å². The van der Waals surface area contributed by atoms with Crippen LogP contribution in [-0.4, -0.2) is 32.4 Å². The van der Waals surface area contributed by atoms with E-state index < -0.39 is 32.5 Å². The maximum atomic E-state index is 12.7. The van der Waals surface area contributed by atoms with Gasteiger partial charge in [-0.15, -0.1) is 0 Å². The summed E-state index contributed by atoms with van der Waals surface area (Å²) in [4.78, 5) is 11.7. The Morgan fingerprint density at radius 1 is 1.38 bits per heavy atom. The lowest BCUT2D eigenvalue weighted by atomic mass is 10.1. The van der Waals surface area contributed by atoms with Gasteiger partial charge in [0.25, 0.3) is 0 Å². The number of carbonyl (C=O) groups is 1. The van der Waals surface area contributed by atoms with Gasteiger partial charge in [-0.1, -0.05) is 17.7 Å². The lowest BCUT2D eigenvalue weighted by Crippen LogP contribution is -2.28. The molecule has 24 heavy (non-hydrogen) atoms. The number of carbonyl (C=O) groups excluding carboxylic acids is 1. The number of nitrogens with one attached hydrogen (secondary N) is 1. The molecular formula is C15H15ClF3NO3S. The van der Waals surface area contributed by atoms with Crippen LogP contribution in [0.5, 0.6) is 0 Å². The van der Waals surface area contributed by atoms with Gasteiger partial charge in [-0.2, -0.15) is 13.2 Å². The number of alkyl halides is 3. The van der Waals surface area contributed by atoms with Crippen molar-refractivity contribution in [2.75, 3.05) is 18.1 Å². The molecule has 1 aromatic rings. The molecule has 132 valence electrons. The molecule has 1 N–H and O–H groups in total. The number of hydrogen-bond acceptors (Lipinski definition) is 3. The molecule has 1 saturated heterocycles. The molecule has 2 rings (SSSR count). The third kappa shape index (κ3) is 5.24. The zero-order valence-corrected chi connectivity index (χ0v) is 14.0. The quantitative estimate of drug-likeness (QED) is 0.816. The minimum absolute atomic E-state index is 0.0448. The molecule has 1 aromatic carbocycles.